The van der Waals surface area contributed by atoms with Crippen molar-refractivity contribution < 1.29 is 4.79 Å². The predicted molar refractivity (Wildman–Crippen MR) is 83.7 cm³/mol. The summed E-state index contributed by atoms with van der Waals surface area (Å²) in [6.07, 6.45) is 0. The number of halogens is 1. The highest BCUT2D eigenvalue weighted by molar-refractivity contribution is 9.10. The van der Waals surface area contributed by atoms with Gasteiger partial charge in [-0.05, 0) is 39.0 Å². The van der Waals surface area contributed by atoms with Gasteiger partial charge in [0.2, 0.25) is 5.91 Å². The number of rotatable bonds is 3. The van der Waals surface area contributed by atoms with Crippen LogP contribution >= 0.6 is 27.3 Å². The van der Waals surface area contributed by atoms with E-state index in [0.717, 1.165) is 19.8 Å². The Kier molecular flexibility index (Phi) is 4.10. The van der Waals surface area contributed by atoms with Crippen LogP contribution in [-0.2, 0) is 4.79 Å². The number of benzene rings is 1. The van der Waals surface area contributed by atoms with Gasteiger partial charge in [0, 0.05) is 10.0 Å². The van der Waals surface area contributed by atoms with Crippen LogP contribution in [0.5, 0.6) is 0 Å². The number of carbonyl (C=O) groups excluding carboxylic acids is 1. The van der Waals surface area contributed by atoms with Crippen molar-refractivity contribution in [2.45, 2.75) is 26.3 Å². The van der Waals surface area contributed by atoms with Gasteiger partial charge in [0.05, 0.1) is 16.8 Å². The van der Waals surface area contributed by atoms with E-state index in [2.05, 4.69) is 31.5 Å². The first-order valence-corrected chi connectivity index (χ1v) is 7.55. The van der Waals surface area contributed by atoms with Crippen LogP contribution in [0.2, 0.25) is 0 Å². The van der Waals surface area contributed by atoms with Gasteiger partial charge in [-0.3, -0.25) is 4.79 Å². The Morgan fingerprint density at radius 3 is 2.84 bits per heavy atom. The molecule has 102 valence electrons. The lowest BCUT2D eigenvalue weighted by atomic mass is 10.1. The lowest BCUT2D eigenvalue weighted by molar-refractivity contribution is -0.120. The highest BCUT2D eigenvalue weighted by atomic mass is 79.9. The molecular formula is C13H16BrN3OS. The number of amides is 1. The van der Waals surface area contributed by atoms with Crippen molar-refractivity contribution in [3.8, 4) is 0 Å². The van der Waals surface area contributed by atoms with E-state index >= 15 is 0 Å². The van der Waals surface area contributed by atoms with Crippen molar-refractivity contribution in [1.29, 1.82) is 0 Å². The Labute approximate surface area is 124 Å². The third-order valence-electron chi connectivity index (χ3n) is 2.27. The van der Waals surface area contributed by atoms with E-state index in [4.69, 9.17) is 0 Å². The number of nitrogens with one attached hydrogen (secondary N) is 2. The third-order valence-corrected chi connectivity index (χ3v) is 3.73. The molecule has 0 saturated carbocycles. The molecule has 0 bridgehead atoms. The van der Waals surface area contributed by atoms with E-state index < -0.39 is 0 Å². The first-order valence-electron chi connectivity index (χ1n) is 5.94. The molecule has 0 aliphatic rings. The summed E-state index contributed by atoms with van der Waals surface area (Å²) < 4.78 is 2.12. The van der Waals surface area contributed by atoms with Crippen molar-refractivity contribution in [3.63, 3.8) is 0 Å². The molecule has 1 aromatic carbocycles. The lowest BCUT2D eigenvalue weighted by Crippen LogP contribution is -2.43. The summed E-state index contributed by atoms with van der Waals surface area (Å²) in [6, 6.07) is 5.93. The molecule has 2 rings (SSSR count). The van der Waals surface area contributed by atoms with E-state index in [-0.39, 0.29) is 18.0 Å². The zero-order valence-electron chi connectivity index (χ0n) is 11.1. The Morgan fingerprint density at radius 1 is 1.42 bits per heavy atom. The molecule has 0 radical (unpaired) electrons. The molecule has 0 aliphatic carbocycles. The fraction of sp³-hybridized carbons (Fsp3) is 0.385. The van der Waals surface area contributed by atoms with Gasteiger partial charge in [-0.1, -0.05) is 27.3 Å². The van der Waals surface area contributed by atoms with Gasteiger partial charge >= 0.3 is 0 Å². The minimum absolute atomic E-state index is 0.0343. The van der Waals surface area contributed by atoms with Crippen LogP contribution in [0.1, 0.15) is 20.8 Å². The standard InChI is InChI=1S/C13H16BrN3OS/c1-13(2,3)17-11(18)7-15-12-16-9-5-4-8(14)6-10(9)19-12/h4-6H,7H2,1-3H3,(H,15,16)(H,17,18). The van der Waals surface area contributed by atoms with Crippen molar-refractivity contribution in [3.05, 3.63) is 22.7 Å². The molecule has 0 saturated heterocycles. The monoisotopic (exact) mass is 341 g/mol. The highest BCUT2D eigenvalue weighted by Crippen LogP contribution is 2.28. The maximum Gasteiger partial charge on any atom is 0.239 e. The van der Waals surface area contributed by atoms with Crippen molar-refractivity contribution in [2.75, 3.05) is 11.9 Å². The quantitative estimate of drug-likeness (QED) is 0.899. The molecule has 0 atom stereocenters. The molecule has 4 nitrogen and oxygen atoms in total. The molecule has 1 heterocycles. The van der Waals surface area contributed by atoms with Gasteiger partial charge in [-0.2, -0.15) is 0 Å². The van der Waals surface area contributed by atoms with Crippen molar-refractivity contribution >= 4 is 48.5 Å². The molecule has 1 amide bonds. The number of hydrogen-bond donors (Lipinski definition) is 2. The molecular weight excluding hydrogens is 326 g/mol. The van der Waals surface area contributed by atoms with Gasteiger partial charge < -0.3 is 10.6 Å². The van der Waals surface area contributed by atoms with Gasteiger partial charge in [0.15, 0.2) is 5.13 Å². The molecule has 19 heavy (non-hydrogen) atoms. The van der Waals surface area contributed by atoms with Gasteiger partial charge in [0.1, 0.15) is 0 Å². The topological polar surface area (TPSA) is 54.0 Å². The molecule has 0 spiro atoms. The maximum absolute atomic E-state index is 11.7. The number of aromatic nitrogens is 1. The van der Waals surface area contributed by atoms with Gasteiger partial charge in [-0.15, -0.1) is 0 Å². The average molecular weight is 342 g/mol. The van der Waals surface area contributed by atoms with E-state index in [0.29, 0.717) is 0 Å². The zero-order valence-corrected chi connectivity index (χ0v) is 13.5. The van der Waals surface area contributed by atoms with Crippen LogP contribution < -0.4 is 10.6 Å². The van der Waals surface area contributed by atoms with Crippen molar-refractivity contribution in [1.82, 2.24) is 10.3 Å². The summed E-state index contributed by atoms with van der Waals surface area (Å²) in [5.74, 6) is -0.0343. The van der Waals surface area contributed by atoms with Crippen LogP contribution in [0, 0.1) is 0 Å². The number of anilines is 1. The highest BCUT2D eigenvalue weighted by Gasteiger charge is 2.13. The number of nitrogens with zero attached hydrogens (tertiary/aromatic N) is 1. The second-order valence-electron chi connectivity index (χ2n) is 5.28. The molecule has 0 fully saturated rings. The summed E-state index contributed by atoms with van der Waals surface area (Å²) in [5, 5.41) is 6.72. The molecule has 2 aromatic rings. The largest absolute Gasteiger partial charge is 0.352 e. The van der Waals surface area contributed by atoms with Crippen LogP contribution in [0.4, 0.5) is 5.13 Å². The average Bonchev–Trinajstić information content (AvgIpc) is 2.66. The minimum Gasteiger partial charge on any atom is -0.352 e. The second kappa shape index (κ2) is 5.46. The van der Waals surface area contributed by atoms with E-state index in [1.807, 2.05) is 39.0 Å². The fourth-order valence-corrected chi connectivity index (χ4v) is 3.01. The smallest absolute Gasteiger partial charge is 0.239 e. The van der Waals surface area contributed by atoms with Crippen LogP contribution in [-0.4, -0.2) is 23.0 Å². The Balaban J connectivity index is 2.00. The summed E-state index contributed by atoms with van der Waals surface area (Å²) in [4.78, 5) is 16.1. The van der Waals surface area contributed by atoms with Crippen LogP contribution in [0.25, 0.3) is 10.2 Å². The van der Waals surface area contributed by atoms with Crippen LogP contribution in [0.3, 0.4) is 0 Å². The van der Waals surface area contributed by atoms with Gasteiger partial charge in [0.25, 0.3) is 0 Å². The Hall–Kier alpha value is -1.14. The molecule has 0 unspecified atom stereocenters. The van der Waals surface area contributed by atoms with E-state index in [9.17, 15) is 4.79 Å². The summed E-state index contributed by atoms with van der Waals surface area (Å²) in [6.45, 7) is 6.11. The molecule has 1 aromatic heterocycles. The Morgan fingerprint density at radius 2 is 2.16 bits per heavy atom. The van der Waals surface area contributed by atoms with E-state index in [1.165, 1.54) is 11.3 Å². The van der Waals surface area contributed by atoms with Gasteiger partial charge in [-0.25, -0.2) is 4.98 Å². The Bertz CT molecular complexity index is 603. The minimum atomic E-state index is -0.211. The second-order valence-corrected chi connectivity index (χ2v) is 7.23. The van der Waals surface area contributed by atoms with Crippen molar-refractivity contribution in [2.24, 2.45) is 0 Å². The number of fused-ring (bicyclic) bond motifs is 1. The molecule has 0 aliphatic heterocycles. The zero-order chi connectivity index (χ0) is 14.0. The summed E-state index contributed by atoms with van der Waals surface area (Å²) >= 11 is 4.97. The number of carbonyl (C=O) groups is 1. The normalized spacial score (nSPS) is 11.6. The third kappa shape index (κ3) is 4.18. The SMILES string of the molecule is CC(C)(C)NC(=O)CNc1nc2ccc(Br)cc2s1. The number of thiazole rings is 1. The number of hydrogen-bond acceptors (Lipinski definition) is 4. The maximum atomic E-state index is 11.7. The first kappa shape index (κ1) is 14.3. The predicted octanol–water partition coefficient (Wildman–Crippen LogP) is 3.39. The van der Waals surface area contributed by atoms with E-state index in [1.54, 1.807) is 0 Å². The fourth-order valence-electron chi connectivity index (χ4n) is 1.59. The summed E-state index contributed by atoms with van der Waals surface area (Å²) in [7, 11) is 0. The first-order chi connectivity index (χ1) is 8.83. The lowest BCUT2D eigenvalue weighted by Gasteiger charge is -2.20. The summed E-state index contributed by atoms with van der Waals surface area (Å²) in [5.41, 5.74) is 0.726. The van der Waals surface area contributed by atoms with Crippen LogP contribution in [0.15, 0.2) is 22.7 Å². The molecule has 6 heteroatoms. The molecule has 2 N–H and O–H groups in total.